The fourth-order valence-corrected chi connectivity index (χ4v) is 2.26. The normalized spacial score (nSPS) is 19.8. The van der Waals surface area contributed by atoms with E-state index in [4.69, 9.17) is 4.74 Å². The second-order valence-electron chi connectivity index (χ2n) is 4.40. The third-order valence-corrected chi connectivity index (χ3v) is 3.20. The van der Waals surface area contributed by atoms with Gasteiger partial charge in [-0.15, -0.1) is 0 Å². The summed E-state index contributed by atoms with van der Waals surface area (Å²) in [5.74, 6) is 0.985. The standard InChI is InChI=1S/C13H16N2O/c1-2-13(7-11-9-15-8-10(1)11)16-12-3-5-14-6-4-12/h1-2,7,9,12,14H,3-6,8H2. The van der Waals surface area contributed by atoms with Crippen LogP contribution in [0.1, 0.15) is 24.0 Å². The first kappa shape index (κ1) is 9.85. The van der Waals surface area contributed by atoms with Gasteiger partial charge in [-0.2, -0.15) is 0 Å². The lowest BCUT2D eigenvalue weighted by Gasteiger charge is -2.24. The van der Waals surface area contributed by atoms with Crippen molar-refractivity contribution in [1.29, 1.82) is 0 Å². The van der Waals surface area contributed by atoms with Gasteiger partial charge in [0.1, 0.15) is 11.9 Å². The number of hydrogen-bond acceptors (Lipinski definition) is 3. The van der Waals surface area contributed by atoms with Crippen LogP contribution in [-0.4, -0.2) is 25.4 Å². The summed E-state index contributed by atoms with van der Waals surface area (Å²) < 4.78 is 5.98. The molecule has 1 aromatic rings. The van der Waals surface area contributed by atoms with Crippen molar-refractivity contribution in [2.75, 3.05) is 13.1 Å². The lowest BCUT2D eigenvalue weighted by molar-refractivity contribution is 0.162. The molecule has 16 heavy (non-hydrogen) atoms. The van der Waals surface area contributed by atoms with Crippen LogP contribution in [0, 0.1) is 0 Å². The highest BCUT2D eigenvalue weighted by Crippen LogP contribution is 2.23. The minimum atomic E-state index is 0.373. The molecule has 0 amide bonds. The molecule has 1 N–H and O–H groups in total. The van der Waals surface area contributed by atoms with Crippen LogP contribution in [0.15, 0.2) is 23.2 Å². The monoisotopic (exact) mass is 216 g/mol. The largest absolute Gasteiger partial charge is 0.490 e. The lowest BCUT2D eigenvalue weighted by Crippen LogP contribution is -2.34. The molecular formula is C13H16N2O. The van der Waals surface area contributed by atoms with Gasteiger partial charge in [-0.1, -0.05) is 6.07 Å². The molecule has 0 radical (unpaired) electrons. The van der Waals surface area contributed by atoms with Crippen LogP contribution < -0.4 is 10.1 Å². The quantitative estimate of drug-likeness (QED) is 0.817. The van der Waals surface area contributed by atoms with Crippen LogP contribution in [0.3, 0.4) is 0 Å². The first-order valence-electron chi connectivity index (χ1n) is 5.92. The van der Waals surface area contributed by atoms with Crippen molar-refractivity contribution in [3.63, 3.8) is 0 Å². The molecule has 0 atom stereocenters. The molecule has 1 aromatic carbocycles. The number of aliphatic imine (C=N–C) groups is 1. The van der Waals surface area contributed by atoms with Gasteiger partial charge in [0.15, 0.2) is 0 Å². The summed E-state index contributed by atoms with van der Waals surface area (Å²) in [7, 11) is 0. The van der Waals surface area contributed by atoms with Gasteiger partial charge in [-0.05, 0) is 43.6 Å². The summed E-state index contributed by atoms with van der Waals surface area (Å²) in [5, 5.41) is 3.34. The molecule has 3 heteroatoms. The van der Waals surface area contributed by atoms with Gasteiger partial charge in [0.2, 0.25) is 0 Å². The van der Waals surface area contributed by atoms with Crippen molar-refractivity contribution in [2.45, 2.75) is 25.5 Å². The Morgan fingerprint density at radius 2 is 2.12 bits per heavy atom. The molecule has 0 bridgehead atoms. The van der Waals surface area contributed by atoms with Gasteiger partial charge in [0.05, 0.1) is 6.54 Å². The maximum Gasteiger partial charge on any atom is 0.120 e. The summed E-state index contributed by atoms with van der Waals surface area (Å²) in [6.07, 6.45) is 4.51. The average molecular weight is 216 g/mol. The second kappa shape index (κ2) is 4.26. The van der Waals surface area contributed by atoms with E-state index in [0.717, 1.165) is 38.2 Å². The number of benzene rings is 1. The number of nitrogens with zero attached hydrogens (tertiary/aromatic N) is 1. The zero-order valence-corrected chi connectivity index (χ0v) is 9.28. The molecule has 2 aliphatic rings. The summed E-state index contributed by atoms with van der Waals surface area (Å²) in [6.45, 7) is 2.96. The van der Waals surface area contributed by atoms with E-state index in [9.17, 15) is 0 Å². The Hall–Kier alpha value is -1.35. The Labute approximate surface area is 95.5 Å². The zero-order chi connectivity index (χ0) is 10.8. The summed E-state index contributed by atoms with van der Waals surface area (Å²) in [6, 6.07) is 6.29. The fraction of sp³-hybridized carbons (Fsp3) is 0.462. The van der Waals surface area contributed by atoms with Gasteiger partial charge in [0.25, 0.3) is 0 Å². The highest BCUT2D eigenvalue weighted by molar-refractivity contribution is 5.84. The van der Waals surface area contributed by atoms with E-state index >= 15 is 0 Å². The molecule has 0 unspecified atom stereocenters. The van der Waals surface area contributed by atoms with Crippen molar-refractivity contribution in [2.24, 2.45) is 4.99 Å². The molecule has 1 saturated heterocycles. The molecular weight excluding hydrogens is 200 g/mol. The molecule has 0 aliphatic carbocycles. The smallest absolute Gasteiger partial charge is 0.120 e. The SMILES string of the molecule is C1=NCc2ccc(OC3CCNCC3)cc21. The van der Waals surface area contributed by atoms with E-state index in [1.807, 2.05) is 6.21 Å². The average Bonchev–Trinajstić information content (AvgIpc) is 2.77. The predicted octanol–water partition coefficient (Wildman–Crippen LogP) is 1.75. The van der Waals surface area contributed by atoms with Crippen LogP contribution in [0.25, 0.3) is 0 Å². The highest BCUT2D eigenvalue weighted by Gasteiger charge is 2.15. The molecule has 1 fully saturated rings. The van der Waals surface area contributed by atoms with Crippen LogP contribution >= 0.6 is 0 Å². The molecule has 3 nitrogen and oxygen atoms in total. The Kier molecular flexibility index (Phi) is 2.62. The summed E-state index contributed by atoms with van der Waals surface area (Å²) in [5.41, 5.74) is 2.52. The van der Waals surface area contributed by atoms with Crippen molar-refractivity contribution in [3.8, 4) is 5.75 Å². The van der Waals surface area contributed by atoms with Gasteiger partial charge in [-0.3, -0.25) is 4.99 Å². The van der Waals surface area contributed by atoms with Crippen molar-refractivity contribution < 1.29 is 4.74 Å². The van der Waals surface area contributed by atoms with E-state index in [0.29, 0.717) is 6.10 Å². The summed E-state index contributed by atoms with van der Waals surface area (Å²) in [4.78, 5) is 4.25. The van der Waals surface area contributed by atoms with E-state index < -0.39 is 0 Å². The summed E-state index contributed by atoms with van der Waals surface area (Å²) >= 11 is 0. The van der Waals surface area contributed by atoms with Gasteiger partial charge < -0.3 is 10.1 Å². The van der Waals surface area contributed by atoms with Crippen molar-refractivity contribution in [3.05, 3.63) is 29.3 Å². The first-order chi connectivity index (χ1) is 7.92. The van der Waals surface area contributed by atoms with Crippen LogP contribution in [-0.2, 0) is 6.54 Å². The Balaban J connectivity index is 1.72. The molecule has 0 spiro atoms. The Morgan fingerprint density at radius 1 is 1.25 bits per heavy atom. The fourth-order valence-electron chi connectivity index (χ4n) is 2.26. The maximum absolute atomic E-state index is 5.98. The molecule has 0 aromatic heterocycles. The molecule has 2 heterocycles. The van der Waals surface area contributed by atoms with Crippen molar-refractivity contribution >= 4 is 6.21 Å². The Morgan fingerprint density at radius 3 is 3.00 bits per heavy atom. The maximum atomic E-state index is 5.98. The minimum Gasteiger partial charge on any atom is -0.490 e. The van der Waals surface area contributed by atoms with Crippen LogP contribution in [0.2, 0.25) is 0 Å². The van der Waals surface area contributed by atoms with E-state index in [1.54, 1.807) is 0 Å². The molecule has 2 aliphatic heterocycles. The zero-order valence-electron chi connectivity index (χ0n) is 9.28. The predicted molar refractivity (Wildman–Crippen MR) is 64.3 cm³/mol. The third kappa shape index (κ3) is 1.95. The number of nitrogens with one attached hydrogen (secondary N) is 1. The Bertz CT molecular complexity index is 408. The van der Waals surface area contributed by atoms with Gasteiger partial charge in [0, 0.05) is 11.8 Å². The van der Waals surface area contributed by atoms with Crippen molar-refractivity contribution in [1.82, 2.24) is 5.32 Å². The van der Waals surface area contributed by atoms with Gasteiger partial charge in [-0.25, -0.2) is 0 Å². The molecule has 0 saturated carbocycles. The molecule has 84 valence electrons. The number of rotatable bonds is 2. The third-order valence-electron chi connectivity index (χ3n) is 3.20. The number of fused-ring (bicyclic) bond motifs is 1. The van der Waals surface area contributed by atoms with Crippen LogP contribution in [0.4, 0.5) is 0 Å². The number of piperidine rings is 1. The minimum absolute atomic E-state index is 0.373. The van der Waals surface area contributed by atoms with E-state index in [-0.39, 0.29) is 0 Å². The number of hydrogen-bond donors (Lipinski definition) is 1. The van der Waals surface area contributed by atoms with E-state index in [1.165, 1.54) is 11.1 Å². The second-order valence-corrected chi connectivity index (χ2v) is 4.40. The van der Waals surface area contributed by atoms with E-state index in [2.05, 4.69) is 28.5 Å². The van der Waals surface area contributed by atoms with Crippen LogP contribution in [0.5, 0.6) is 5.75 Å². The lowest BCUT2D eigenvalue weighted by atomic mass is 10.1. The van der Waals surface area contributed by atoms with Gasteiger partial charge >= 0.3 is 0 Å². The molecule has 3 rings (SSSR count). The highest BCUT2D eigenvalue weighted by atomic mass is 16.5. The topological polar surface area (TPSA) is 33.6 Å². The number of ether oxygens (including phenoxy) is 1. The first-order valence-corrected chi connectivity index (χ1v) is 5.92.